The minimum Gasteiger partial charge on any atom is -0.382 e. The molecule has 2 nitrogen and oxygen atoms in total. The Kier molecular flexibility index (Phi) is 2.95. The molecule has 26 heavy (non-hydrogen) atoms. The lowest BCUT2D eigenvalue weighted by Gasteiger charge is -2.37. The maximum atomic E-state index is 2.49. The zero-order valence-corrected chi connectivity index (χ0v) is 16.8. The molecular formula is C23H25BN2. The fourth-order valence-electron chi connectivity index (χ4n) is 5.25. The number of anilines is 1. The van der Waals surface area contributed by atoms with Crippen molar-refractivity contribution in [2.75, 3.05) is 11.9 Å². The van der Waals surface area contributed by atoms with Gasteiger partial charge in [0.2, 0.25) is 0 Å². The van der Waals surface area contributed by atoms with E-state index in [1.807, 2.05) is 0 Å². The van der Waals surface area contributed by atoms with Crippen molar-refractivity contribution >= 4 is 28.9 Å². The molecule has 0 N–H and O–H groups in total. The molecule has 0 fully saturated rings. The van der Waals surface area contributed by atoms with Crippen molar-refractivity contribution in [2.24, 2.45) is 0 Å². The van der Waals surface area contributed by atoms with Crippen LogP contribution in [0.1, 0.15) is 33.4 Å². The van der Waals surface area contributed by atoms with Crippen molar-refractivity contribution in [2.45, 2.75) is 41.5 Å². The average molecular weight is 340 g/mol. The van der Waals surface area contributed by atoms with Gasteiger partial charge in [-0.05, 0) is 104 Å². The quantitative estimate of drug-likeness (QED) is 0.538. The maximum absolute atomic E-state index is 2.49. The van der Waals surface area contributed by atoms with Crippen LogP contribution in [0.5, 0.6) is 0 Å². The van der Waals surface area contributed by atoms with E-state index >= 15 is 0 Å². The molecule has 0 amide bonds. The van der Waals surface area contributed by atoms with Crippen LogP contribution in [0.15, 0.2) is 24.4 Å². The third-order valence-corrected chi connectivity index (χ3v) is 7.13. The zero-order valence-electron chi connectivity index (χ0n) is 16.8. The van der Waals surface area contributed by atoms with Crippen molar-refractivity contribution in [3.63, 3.8) is 0 Å². The summed E-state index contributed by atoms with van der Waals surface area (Å²) in [7, 11) is 2.18. The monoisotopic (exact) mass is 340 g/mol. The van der Waals surface area contributed by atoms with E-state index in [-0.39, 0.29) is 0 Å². The molecule has 0 radical (unpaired) electrons. The van der Waals surface area contributed by atoms with Gasteiger partial charge in [0.15, 0.2) is 0 Å². The molecule has 3 heterocycles. The molecule has 2 aliphatic heterocycles. The van der Waals surface area contributed by atoms with Crippen LogP contribution in [0.3, 0.4) is 0 Å². The number of hydrogen-bond acceptors (Lipinski definition) is 1. The lowest BCUT2D eigenvalue weighted by molar-refractivity contribution is 1.13. The Bertz CT molecular complexity index is 1160. The highest BCUT2D eigenvalue weighted by Crippen LogP contribution is 2.44. The third-order valence-electron chi connectivity index (χ3n) is 7.13. The number of hydrogen-bond donors (Lipinski definition) is 0. The van der Waals surface area contributed by atoms with E-state index in [1.54, 1.807) is 0 Å². The summed E-state index contributed by atoms with van der Waals surface area (Å²) < 4.78 is 2.49. The molecule has 0 aliphatic carbocycles. The first kappa shape index (κ1) is 15.8. The predicted molar refractivity (Wildman–Crippen MR) is 114 cm³/mol. The van der Waals surface area contributed by atoms with Crippen molar-refractivity contribution in [1.29, 1.82) is 0 Å². The standard InChI is InChI=1S/C23H25BN2/c1-12-14(3)18-8-10-26-23(18)20(16(12)5)19-15(4)13(2)17(6)22-21(19)24(26)9-11-25(22)7/h8-11H,1-7H3. The molecule has 3 heteroatoms. The van der Waals surface area contributed by atoms with Crippen LogP contribution in [0.2, 0.25) is 0 Å². The topological polar surface area (TPSA) is 8.17 Å². The summed E-state index contributed by atoms with van der Waals surface area (Å²) in [5.41, 5.74) is 15.7. The number of rotatable bonds is 0. The van der Waals surface area contributed by atoms with Crippen LogP contribution in [0, 0.1) is 41.5 Å². The van der Waals surface area contributed by atoms with Crippen LogP contribution in [0.4, 0.5) is 5.69 Å². The first-order valence-corrected chi connectivity index (χ1v) is 9.50. The van der Waals surface area contributed by atoms with E-state index < -0.39 is 0 Å². The van der Waals surface area contributed by atoms with E-state index in [0.717, 1.165) is 0 Å². The summed E-state index contributed by atoms with van der Waals surface area (Å²) in [6, 6.07) is 2.31. The highest BCUT2D eigenvalue weighted by molar-refractivity contribution is 6.81. The SMILES string of the molecule is Cc1c(C)c2c3c(c1C)N(C)C=CB3n1ccc3c(C)c(C)c(C)c-2c31. The highest BCUT2D eigenvalue weighted by Gasteiger charge is 2.37. The smallest absolute Gasteiger partial charge is 0.324 e. The van der Waals surface area contributed by atoms with Gasteiger partial charge < -0.3 is 9.38 Å². The molecule has 5 rings (SSSR count). The van der Waals surface area contributed by atoms with Gasteiger partial charge in [0.1, 0.15) is 0 Å². The van der Waals surface area contributed by atoms with Gasteiger partial charge in [-0.2, -0.15) is 0 Å². The maximum Gasteiger partial charge on any atom is 0.324 e. The molecule has 3 aromatic rings. The second-order valence-corrected chi connectivity index (χ2v) is 8.14. The minimum atomic E-state index is 0.292. The number of benzene rings is 2. The second kappa shape index (κ2) is 4.85. The summed E-state index contributed by atoms with van der Waals surface area (Å²) in [5, 5.41) is 1.40. The molecule has 0 atom stereocenters. The van der Waals surface area contributed by atoms with Gasteiger partial charge >= 0.3 is 6.85 Å². The zero-order chi connectivity index (χ0) is 18.5. The van der Waals surface area contributed by atoms with E-state index in [0.29, 0.717) is 6.85 Å². The fraction of sp³-hybridized carbons (Fsp3) is 0.304. The third kappa shape index (κ3) is 1.60. The van der Waals surface area contributed by atoms with Crippen molar-refractivity contribution in [3.05, 3.63) is 57.8 Å². The van der Waals surface area contributed by atoms with E-state index in [1.165, 1.54) is 66.6 Å². The van der Waals surface area contributed by atoms with Gasteiger partial charge in [0, 0.05) is 29.2 Å². The van der Waals surface area contributed by atoms with E-state index in [4.69, 9.17) is 0 Å². The lowest BCUT2D eigenvalue weighted by Crippen LogP contribution is -2.46. The predicted octanol–water partition coefficient (Wildman–Crippen LogP) is 4.72. The molecule has 0 spiro atoms. The van der Waals surface area contributed by atoms with E-state index in [9.17, 15) is 0 Å². The molecule has 2 aromatic carbocycles. The molecule has 1 aromatic heterocycles. The number of fused-ring (bicyclic) bond motifs is 2. The molecule has 2 aliphatic rings. The van der Waals surface area contributed by atoms with Gasteiger partial charge in [-0.3, -0.25) is 0 Å². The van der Waals surface area contributed by atoms with E-state index in [2.05, 4.69) is 82.4 Å². The Balaban J connectivity index is 2.09. The summed E-state index contributed by atoms with van der Waals surface area (Å²) >= 11 is 0. The number of aromatic nitrogens is 1. The summed E-state index contributed by atoms with van der Waals surface area (Å²) in [5.74, 6) is 2.35. The van der Waals surface area contributed by atoms with Gasteiger partial charge in [-0.15, -0.1) is 0 Å². The molecule has 0 saturated heterocycles. The number of aryl methyl sites for hydroxylation is 1. The Labute approximate surface area is 156 Å². The highest BCUT2D eigenvalue weighted by atomic mass is 15.1. The van der Waals surface area contributed by atoms with Crippen molar-refractivity contribution in [1.82, 2.24) is 4.48 Å². The minimum absolute atomic E-state index is 0.292. The Morgan fingerprint density at radius 3 is 2.15 bits per heavy atom. The molecule has 0 saturated carbocycles. The van der Waals surface area contributed by atoms with Crippen molar-refractivity contribution < 1.29 is 0 Å². The van der Waals surface area contributed by atoms with Gasteiger partial charge in [-0.25, -0.2) is 0 Å². The van der Waals surface area contributed by atoms with Crippen LogP contribution in [-0.4, -0.2) is 18.4 Å². The molecular weight excluding hydrogens is 315 g/mol. The van der Waals surface area contributed by atoms with Crippen LogP contribution < -0.4 is 10.4 Å². The Hall–Kier alpha value is -2.42. The Morgan fingerprint density at radius 1 is 0.769 bits per heavy atom. The summed E-state index contributed by atoms with van der Waals surface area (Å²) in [6.07, 6.45) is 4.53. The number of nitrogens with zero attached hydrogens (tertiary/aromatic N) is 2. The van der Waals surface area contributed by atoms with Gasteiger partial charge in [-0.1, -0.05) is 5.98 Å². The molecule has 130 valence electrons. The lowest BCUT2D eigenvalue weighted by atomic mass is 9.49. The molecule has 0 bridgehead atoms. The average Bonchev–Trinajstić information content (AvgIpc) is 3.06. The first-order chi connectivity index (χ1) is 12.3. The largest absolute Gasteiger partial charge is 0.382 e. The molecule has 0 unspecified atom stereocenters. The van der Waals surface area contributed by atoms with Gasteiger partial charge in [0.25, 0.3) is 0 Å². The first-order valence-electron chi connectivity index (χ1n) is 9.50. The Morgan fingerprint density at radius 2 is 1.42 bits per heavy atom. The summed E-state index contributed by atoms with van der Waals surface area (Å²) in [4.78, 5) is 2.30. The van der Waals surface area contributed by atoms with Crippen LogP contribution >= 0.6 is 0 Å². The summed E-state index contributed by atoms with van der Waals surface area (Å²) in [6.45, 7) is 14.0. The normalized spacial score (nSPS) is 14.4. The van der Waals surface area contributed by atoms with Crippen LogP contribution in [-0.2, 0) is 0 Å². The van der Waals surface area contributed by atoms with Crippen LogP contribution in [0.25, 0.3) is 22.0 Å². The fourth-order valence-corrected chi connectivity index (χ4v) is 5.25. The van der Waals surface area contributed by atoms with Gasteiger partial charge in [0.05, 0.1) is 0 Å². The van der Waals surface area contributed by atoms with Crippen molar-refractivity contribution in [3.8, 4) is 11.1 Å². The second-order valence-electron chi connectivity index (χ2n) is 8.14.